The number of ketones is 1. The molecule has 0 N–H and O–H groups in total. The molecule has 2 aromatic rings. The molecule has 120 valence electrons. The molecule has 1 fully saturated rings. The van der Waals surface area contributed by atoms with Crippen molar-refractivity contribution in [1.82, 2.24) is 0 Å². The molecule has 0 aromatic heterocycles. The van der Waals surface area contributed by atoms with Gasteiger partial charge >= 0.3 is 0 Å². The highest BCUT2D eigenvalue weighted by Gasteiger charge is 2.62. The van der Waals surface area contributed by atoms with E-state index in [2.05, 4.69) is 15.9 Å². The molecule has 2 atom stereocenters. The monoisotopic (exact) mass is 452 g/mol. The summed E-state index contributed by atoms with van der Waals surface area (Å²) in [6, 6.07) is 9.85. The van der Waals surface area contributed by atoms with Gasteiger partial charge in [0.1, 0.15) is 5.60 Å². The Hall–Kier alpha value is -0.290. The first-order valence-electron chi connectivity index (χ1n) is 6.57. The second-order valence-corrected chi connectivity index (χ2v) is 7.38. The summed E-state index contributed by atoms with van der Waals surface area (Å²) in [5, 5.41) is 2.16. The van der Waals surface area contributed by atoms with Crippen molar-refractivity contribution in [2.75, 3.05) is 5.33 Å². The van der Waals surface area contributed by atoms with Crippen LogP contribution < -0.4 is 0 Å². The first-order chi connectivity index (χ1) is 10.9. The Morgan fingerprint density at radius 1 is 1.04 bits per heavy atom. The minimum absolute atomic E-state index is 0.211. The third kappa shape index (κ3) is 3.15. The van der Waals surface area contributed by atoms with Gasteiger partial charge in [0.05, 0.1) is 5.02 Å². The van der Waals surface area contributed by atoms with E-state index in [-0.39, 0.29) is 5.78 Å². The van der Waals surface area contributed by atoms with Crippen LogP contribution in [0.25, 0.3) is 0 Å². The maximum Gasteiger partial charge on any atom is 0.196 e. The van der Waals surface area contributed by atoms with Gasteiger partial charge in [-0.1, -0.05) is 68.4 Å². The Labute approximate surface area is 161 Å². The summed E-state index contributed by atoms with van der Waals surface area (Å²) in [7, 11) is 0. The summed E-state index contributed by atoms with van der Waals surface area (Å²) in [5.41, 5.74) is 0.264. The van der Waals surface area contributed by atoms with E-state index < -0.39 is 11.7 Å². The van der Waals surface area contributed by atoms with Gasteiger partial charge in [-0.15, -0.1) is 0 Å². The van der Waals surface area contributed by atoms with Crippen molar-refractivity contribution in [2.24, 2.45) is 0 Å². The van der Waals surface area contributed by atoms with E-state index in [1.54, 1.807) is 30.3 Å². The lowest BCUT2D eigenvalue weighted by molar-refractivity contribution is 0.0954. The van der Waals surface area contributed by atoms with Gasteiger partial charge < -0.3 is 4.74 Å². The first kappa shape index (κ1) is 17.5. The van der Waals surface area contributed by atoms with Crippen molar-refractivity contribution < 1.29 is 9.53 Å². The maximum atomic E-state index is 12.7. The van der Waals surface area contributed by atoms with E-state index in [4.69, 9.17) is 51.1 Å². The van der Waals surface area contributed by atoms with Crippen molar-refractivity contribution >= 4 is 68.1 Å². The molecule has 0 saturated carbocycles. The Morgan fingerprint density at radius 2 is 1.65 bits per heavy atom. The quantitative estimate of drug-likeness (QED) is 0.314. The maximum absolute atomic E-state index is 12.7. The molecule has 0 spiro atoms. The number of Topliss-reactive ketones (excluding diaryl/α,β-unsaturated/α-hetero) is 1. The molecule has 0 amide bonds. The van der Waals surface area contributed by atoms with Gasteiger partial charge in [-0.25, -0.2) is 0 Å². The zero-order valence-corrected chi connectivity index (χ0v) is 16.1. The predicted octanol–water partition coefficient (Wildman–Crippen LogP) is 6.17. The molecule has 1 aliphatic heterocycles. The summed E-state index contributed by atoms with van der Waals surface area (Å²) in [6.45, 7) is 0. The van der Waals surface area contributed by atoms with Gasteiger partial charge in [-0.3, -0.25) is 4.79 Å². The molecule has 3 rings (SSSR count). The van der Waals surface area contributed by atoms with Gasteiger partial charge in [-0.2, -0.15) is 0 Å². The molecule has 1 saturated heterocycles. The van der Waals surface area contributed by atoms with Crippen LogP contribution in [0.2, 0.25) is 20.1 Å². The highest BCUT2D eigenvalue weighted by Crippen LogP contribution is 2.51. The predicted molar refractivity (Wildman–Crippen MR) is 97.6 cm³/mol. The SMILES string of the molecule is O=C(c1ccc(Cl)cc1Cl)[C@@H]1O[C@@]1(CBr)c1ccc(Cl)cc1Cl. The molecular weight excluding hydrogens is 446 g/mol. The number of rotatable bonds is 4. The van der Waals surface area contributed by atoms with Crippen molar-refractivity contribution in [3.05, 3.63) is 67.6 Å². The number of halogens is 5. The van der Waals surface area contributed by atoms with Crippen LogP contribution in [0.15, 0.2) is 36.4 Å². The van der Waals surface area contributed by atoms with Gasteiger partial charge in [-0.05, 0) is 30.3 Å². The summed E-state index contributed by atoms with van der Waals surface area (Å²) in [5.74, 6) is -0.211. The topological polar surface area (TPSA) is 29.6 Å². The second kappa shape index (κ2) is 6.55. The van der Waals surface area contributed by atoms with Crippen LogP contribution in [-0.2, 0) is 10.3 Å². The van der Waals surface area contributed by atoms with E-state index in [9.17, 15) is 4.79 Å². The lowest BCUT2D eigenvalue weighted by atomic mass is 9.93. The van der Waals surface area contributed by atoms with E-state index in [0.29, 0.717) is 36.5 Å². The second-order valence-electron chi connectivity index (χ2n) is 5.13. The molecule has 0 unspecified atom stereocenters. The molecule has 1 heterocycles. The van der Waals surface area contributed by atoms with Crippen LogP contribution in [0, 0.1) is 0 Å². The van der Waals surface area contributed by atoms with Crippen LogP contribution >= 0.6 is 62.3 Å². The Morgan fingerprint density at radius 3 is 2.22 bits per heavy atom. The molecule has 23 heavy (non-hydrogen) atoms. The van der Waals surface area contributed by atoms with Crippen LogP contribution in [0.1, 0.15) is 15.9 Å². The average molecular weight is 455 g/mol. The van der Waals surface area contributed by atoms with Gasteiger partial charge in [0.15, 0.2) is 11.9 Å². The smallest absolute Gasteiger partial charge is 0.196 e. The van der Waals surface area contributed by atoms with E-state index >= 15 is 0 Å². The number of carbonyl (C=O) groups is 1. The summed E-state index contributed by atoms with van der Waals surface area (Å²) in [4.78, 5) is 12.7. The molecular formula is C16H9BrCl4O2. The third-order valence-corrected chi connectivity index (χ3v) is 5.64. The third-order valence-electron chi connectivity index (χ3n) is 3.71. The zero-order chi connectivity index (χ0) is 16.8. The number of benzene rings is 2. The average Bonchev–Trinajstić information content (AvgIpc) is 3.22. The fourth-order valence-electron chi connectivity index (χ4n) is 2.48. The molecule has 0 aliphatic carbocycles. The lowest BCUT2D eigenvalue weighted by Gasteiger charge is -2.12. The minimum Gasteiger partial charge on any atom is -0.351 e. The van der Waals surface area contributed by atoms with Crippen LogP contribution in [0.3, 0.4) is 0 Å². The highest BCUT2D eigenvalue weighted by atomic mass is 79.9. The van der Waals surface area contributed by atoms with Crippen molar-refractivity contribution in [3.63, 3.8) is 0 Å². The number of epoxide rings is 1. The molecule has 0 bridgehead atoms. The van der Waals surface area contributed by atoms with Gasteiger partial charge in [0, 0.05) is 31.5 Å². The molecule has 0 radical (unpaired) electrons. The minimum atomic E-state index is -0.818. The molecule has 2 aromatic carbocycles. The normalized spacial score (nSPS) is 22.9. The number of hydrogen-bond donors (Lipinski definition) is 0. The zero-order valence-electron chi connectivity index (χ0n) is 11.5. The number of carbonyl (C=O) groups excluding carboxylic acids is 1. The van der Waals surface area contributed by atoms with E-state index in [1.807, 2.05) is 0 Å². The lowest BCUT2D eigenvalue weighted by Crippen LogP contribution is -2.21. The fraction of sp³-hybridized carbons (Fsp3) is 0.188. The summed E-state index contributed by atoms with van der Waals surface area (Å²) in [6.07, 6.45) is -0.667. The van der Waals surface area contributed by atoms with Crippen molar-refractivity contribution in [3.8, 4) is 0 Å². The molecule has 2 nitrogen and oxygen atoms in total. The summed E-state index contributed by atoms with van der Waals surface area (Å²) >= 11 is 27.6. The van der Waals surface area contributed by atoms with Gasteiger partial charge in [0.2, 0.25) is 0 Å². The number of hydrogen-bond acceptors (Lipinski definition) is 2. The molecule has 1 aliphatic rings. The Kier molecular flexibility index (Phi) is 4.99. The largest absolute Gasteiger partial charge is 0.351 e. The van der Waals surface area contributed by atoms with Crippen LogP contribution in [-0.4, -0.2) is 17.2 Å². The summed E-state index contributed by atoms with van der Waals surface area (Å²) < 4.78 is 5.75. The van der Waals surface area contributed by atoms with Crippen LogP contribution in [0.5, 0.6) is 0 Å². The van der Waals surface area contributed by atoms with E-state index in [0.717, 1.165) is 0 Å². The van der Waals surface area contributed by atoms with Gasteiger partial charge in [0.25, 0.3) is 0 Å². The van der Waals surface area contributed by atoms with Crippen LogP contribution in [0.4, 0.5) is 0 Å². The number of ether oxygens (including phenoxy) is 1. The fourth-order valence-corrected chi connectivity index (χ4v) is 4.28. The first-order valence-corrected chi connectivity index (χ1v) is 9.21. The molecule has 7 heteroatoms. The van der Waals surface area contributed by atoms with Crippen molar-refractivity contribution in [2.45, 2.75) is 11.7 Å². The standard InChI is InChI=1S/C16H9BrCl4O2/c17-7-16(11-4-2-9(19)6-13(11)21)15(23-16)14(22)10-3-1-8(18)5-12(10)20/h1-6,15H,7H2/t15-,16-/m0/s1. The Bertz CT molecular complexity index is 796. The van der Waals surface area contributed by atoms with E-state index in [1.165, 1.54) is 6.07 Å². The van der Waals surface area contributed by atoms with Crippen molar-refractivity contribution in [1.29, 1.82) is 0 Å². The highest BCUT2D eigenvalue weighted by molar-refractivity contribution is 9.09. The number of alkyl halides is 1. The Balaban J connectivity index is 1.95.